The third kappa shape index (κ3) is 5.55. The zero-order chi connectivity index (χ0) is 18.9. The van der Waals surface area contributed by atoms with Crippen molar-refractivity contribution in [3.8, 4) is 6.07 Å². The van der Waals surface area contributed by atoms with Crippen molar-refractivity contribution in [1.82, 2.24) is 10.6 Å². The molecule has 0 fully saturated rings. The molecule has 0 spiro atoms. The zero-order valence-electron chi connectivity index (χ0n) is 14.9. The average Bonchev–Trinajstić information content (AvgIpc) is 2.62. The molecule has 4 nitrogen and oxygen atoms in total. The number of nitrogens with one attached hydrogen (secondary N) is 2. The van der Waals surface area contributed by atoms with Crippen molar-refractivity contribution in [2.24, 2.45) is 4.99 Å². The highest BCUT2D eigenvalue weighted by Crippen LogP contribution is 2.12. The number of aryl methyl sites for hydroxylation is 1. The smallest absolute Gasteiger partial charge is 0.191 e. The van der Waals surface area contributed by atoms with E-state index in [0.717, 1.165) is 17.5 Å². The lowest BCUT2D eigenvalue weighted by Gasteiger charge is -2.12. The molecule has 0 atom stereocenters. The van der Waals surface area contributed by atoms with Gasteiger partial charge in [0.15, 0.2) is 5.96 Å². The molecule has 0 saturated heterocycles. The minimum atomic E-state index is -0.384. The number of hydrogen-bond acceptors (Lipinski definition) is 2. The summed E-state index contributed by atoms with van der Waals surface area (Å²) in [5.41, 5.74) is 2.74. The summed E-state index contributed by atoms with van der Waals surface area (Å²) in [5.74, 6) is -0.0599. The van der Waals surface area contributed by atoms with Gasteiger partial charge in [-0.1, -0.05) is 6.07 Å². The van der Waals surface area contributed by atoms with Crippen molar-refractivity contribution in [3.63, 3.8) is 0 Å². The van der Waals surface area contributed by atoms with Gasteiger partial charge >= 0.3 is 0 Å². The molecular weight excluding hydrogens is 334 g/mol. The number of nitriles is 1. The molecule has 26 heavy (non-hydrogen) atoms. The fourth-order valence-corrected chi connectivity index (χ4v) is 2.53. The van der Waals surface area contributed by atoms with E-state index in [-0.39, 0.29) is 18.2 Å². The van der Waals surface area contributed by atoms with Gasteiger partial charge in [-0.05, 0) is 61.7 Å². The standard InChI is InChI=1S/C20H22F2N4/c1-3-24-20(25-9-8-16-5-6-18(21)10-14(16)2)26-13-17-11-15(12-23)4-7-19(17)22/h4-7,10-11H,3,8-9,13H2,1-2H3,(H2,24,25,26). The van der Waals surface area contributed by atoms with Gasteiger partial charge in [0.05, 0.1) is 18.2 Å². The van der Waals surface area contributed by atoms with Crippen LogP contribution in [-0.4, -0.2) is 19.0 Å². The lowest BCUT2D eigenvalue weighted by atomic mass is 10.1. The van der Waals surface area contributed by atoms with Crippen molar-refractivity contribution >= 4 is 5.96 Å². The highest BCUT2D eigenvalue weighted by molar-refractivity contribution is 5.79. The Morgan fingerprint density at radius 3 is 2.62 bits per heavy atom. The van der Waals surface area contributed by atoms with Gasteiger partial charge in [0, 0.05) is 18.7 Å². The van der Waals surface area contributed by atoms with Crippen LogP contribution in [0.4, 0.5) is 8.78 Å². The predicted octanol–water partition coefficient (Wildman–Crippen LogP) is 3.44. The number of aliphatic imine (C=N–C) groups is 1. The molecule has 0 aliphatic rings. The molecule has 136 valence electrons. The molecule has 0 heterocycles. The first-order chi connectivity index (χ1) is 12.5. The average molecular weight is 356 g/mol. The van der Waals surface area contributed by atoms with Gasteiger partial charge in [-0.2, -0.15) is 5.26 Å². The molecule has 2 aromatic rings. The van der Waals surface area contributed by atoms with Crippen LogP contribution in [0.25, 0.3) is 0 Å². The largest absolute Gasteiger partial charge is 0.357 e. The third-order valence-electron chi connectivity index (χ3n) is 3.92. The van der Waals surface area contributed by atoms with Crippen LogP contribution in [0.5, 0.6) is 0 Å². The molecule has 0 saturated carbocycles. The molecule has 0 radical (unpaired) electrons. The molecule has 2 aromatic carbocycles. The van der Waals surface area contributed by atoms with E-state index in [4.69, 9.17) is 5.26 Å². The van der Waals surface area contributed by atoms with E-state index in [9.17, 15) is 8.78 Å². The van der Waals surface area contributed by atoms with Crippen molar-refractivity contribution in [2.45, 2.75) is 26.8 Å². The maximum atomic E-state index is 13.8. The van der Waals surface area contributed by atoms with E-state index >= 15 is 0 Å². The van der Waals surface area contributed by atoms with Gasteiger partial charge in [-0.25, -0.2) is 13.8 Å². The molecule has 0 bridgehead atoms. The summed E-state index contributed by atoms with van der Waals surface area (Å²) in [6.07, 6.45) is 0.717. The van der Waals surface area contributed by atoms with E-state index in [0.29, 0.717) is 30.2 Å². The van der Waals surface area contributed by atoms with Gasteiger partial charge in [-0.3, -0.25) is 0 Å². The number of benzene rings is 2. The first kappa shape index (κ1) is 19.4. The molecular formula is C20H22F2N4. The highest BCUT2D eigenvalue weighted by atomic mass is 19.1. The maximum absolute atomic E-state index is 13.8. The summed E-state index contributed by atoms with van der Waals surface area (Å²) in [6.45, 7) is 5.23. The minimum Gasteiger partial charge on any atom is -0.357 e. The summed E-state index contributed by atoms with van der Waals surface area (Å²) in [7, 11) is 0. The quantitative estimate of drug-likeness (QED) is 0.616. The normalized spacial score (nSPS) is 11.1. The summed E-state index contributed by atoms with van der Waals surface area (Å²) in [5, 5.41) is 15.2. The Labute approximate surface area is 152 Å². The molecule has 2 rings (SSSR count). The van der Waals surface area contributed by atoms with Gasteiger partial charge in [0.1, 0.15) is 11.6 Å². The molecule has 0 aliphatic carbocycles. The van der Waals surface area contributed by atoms with E-state index in [2.05, 4.69) is 15.6 Å². The molecule has 2 N–H and O–H groups in total. The molecule has 0 aromatic heterocycles. The van der Waals surface area contributed by atoms with Gasteiger partial charge < -0.3 is 10.6 Å². The van der Waals surface area contributed by atoms with Gasteiger partial charge in [0.25, 0.3) is 0 Å². The van der Waals surface area contributed by atoms with Crippen LogP contribution in [0, 0.1) is 29.9 Å². The highest BCUT2D eigenvalue weighted by Gasteiger charge is 2.05. The molecule has 6 heteroatoms. The van der Waals surface area contributed by atoms with E-state index < -0.39 is 0 Å². The van der Waals surface area contributed by atoms with Crippen LogP contribution in [0.15, 0.2) is 41.4 Å². The zero-order valence-corrected chi connectivity index (χ0v) is 14.9. The SMILES string of the molecule is CCNC(=NCc1cc(C#N)ccc1F)NCCc1ccc(F)cc1C. The minimum absolute atomic E-state index is 0.131. The molecule has 0 amide bonds. The lowest BCUT2D eigenvalue weighted by molar-refractivity contribution is 0.610. The summed E-state index contributed by atoms with van der Waals surface area (Å²) in [6, 6.07) is 11.0. The number of hydrogen-bond donors (Lipinski definition) is 2. The fourth-order valence-electron chi connectivity index (χ4n) is 2.53. The van der Waals surface area contributed by atoms with Gasteiger partial charge in [-0.15, -0.1) is 0 Å². The Morgan fingerprint density at radius 1 is 1.12 bits per heavy atom. The first-order valence-electron chi connectivity index (χ1n) is 8.49. The van der Waals surface area contributed by atoms with Gasteiger partial charge in [0.2, 0.25) is 0 Å². The monoisotopic (exact) mass is 356 g/mol. The Balaban J connectivity index is 1.99. The predicted molar refractivity (Wildman–Crippen MR) is 98.8 cm³/mol. The van der Waals surface area contributed by atoms with Crippen LogP contribution in [-0.2, 0) is 13.0 Å². The lowest BCUT2D eigenvalue weighted by Crippen LogP contribution is -2.38. The van der Waals surface area contributed by atoms with Crippen molar-refractivity contribution < 1.29 is 8.78 Å². The second kappa shape index (κ2) is 9.52. The van der Waals surface area contributed by atoms with E-state index in [1.165, 1.54) is 30.3 Å². The maximum Gasteiger partial charge on any atom is 0.191 e. The van der Waals surface area contributed by atoms with Crippen LogP contribution in [0.3, 0.4) is 0 Å². The Morgan fingerprint density at radius 2 is 1.92 bits per heavy atom. The summed E-state index contributed by atoms with van der Waals surface area (Å²) >= 11 is 0. The fraction of sp³-hybridized carbons (Fsp3) is 0.300. The first-order valence-corrected chi connectivity index (χ1v) is 8.49. The Bertz CT molecular complexity index is 825. The van der Waals surface area contributed by atoms with E-state index in [1.54, 1.807) is 6.07 Å². The van der Waals surface area contributed by atoms with Crippen molar-refractivity contribution in [3.05, 3.63) is 70.3 Å². The van der Waals surface area contributed by atoms with E-state index in [1.807, 2.05) is 19.9 Å². The second-order valence-electron chi connectivity index (χ2n) is 5.86. The van der Waals surface area contributed by atoms with Crippen LogP contribution < -0.4 is 10.6 Å². The Kier molecular flexibility index (Phi) is 7.10. The summed E-state index contributed by atoms with van der Waals surface area (Å²) in [4.78, 5) is 4.37. The number of rotatable bonds is 6. The molecule has 0 unspecified atom stereocenters. The summed E-state index contributed by atoms with van der Waals surface area (Å²) < 4.78 is 27.0. The topological polar surface area (TPSA) is 60.2 Å². The van der Waals surface area contributed by atoms with Crippen LogP contribution in [0.2, 0.25) is 0 Å². The third-order valence-corrected chi connectivity index (χ3v) is 3.92. The Hall–Kier alpha value is -2.94. The second-order valence-corrected chi connectivity index (χ2v) is 5.86. The number of guanidine groups is 1. The molecule has 0 aliphatic heterocycles. The van der Waals surface area contributed by atoms with Crippen LogP contribution >= 0.6 is 0 Å². The van der Waals surface area contributed by atoms with Crippen LogP contribution in [0.1, 0.15) is 29.2 Å². The van der Waals surface area contributed by atoms with Crippen molar-refractivity contribution in [2.75, 3.05) is 13.1 Å². The number of halogens is 2. The number of nitrogens with zero attached hydrogens (tertiary/aromatic N) is 2. The van der Waals surface area contributed by atoms with Crippen molar-refractivity contribution in [1.29, 1.82) is 5.26 Å².